The van der Waals surface area contributed by atoms with Crippen molar-refractivity contribution in [2.24, 2.45) is 0 Å². The van der Waals surface area contributed by atoms with Crippen molar-refractivity contribution in [3.63, 3.8) is 0 Å². The van der Waals surface area contributed by atoms with E-state index in [4.69, 9.17) is 5.11 Å². The summed E-state index contributed by atoms with van der Waals surface area (Å²) < 4.78 is 22.8. The van der Waals surface area contributed by atoms with Gasteiger partial charge in [0.25, 0.3) is 0 Å². The Hall–Kier alpha value is -1.24. The smallest absolute Gasteiger partial charge is 0.175 e. The number of thiazole rings is 1. The summed E-state index contributed by atoms with van der Waals surface area (Å²) >= 11 is 1.55. The Labute approximate surface area is 116 Å². The molecule has 1 N–H and O–H groups in total. The summed E-state index contributed by atoms with van der Waals surface area (Å²) in [4.78, 5) is 5.86. The molecule has 19 heavy (non-hydrogen) atoms. The number of nitrogens with zero attached hydrogens (tertiary/aromatic N) is 1. The zero-order valence-corrected chi connectivity index (χ0v) is 12.4. The zero-order chi connectivity index (χ0) is 14.0. The van der Waals surface area contributed by atoms with Crippen LogP contribution >= 0.6 is 11.3 Å². The molecule has 0 atom stereocenters. The van der Waals surface area contributed by atoms with Gasteiger partial charge in [-0.1, -0.05) is 12.1 Å². The minimum absolute atomic E-state index is 0.0804. The molecule has 0 saturated heterocycles. The largest absolute Gasteiger partial charge is 0.396 e. The highest BCUT2D eigenvalue weighted by Crippen LogP contribution is 2.28. The molecule has 2 rings (SSSR count). The van der Waals surface area contributed by atoms with Gasteiger partial charge in [-0.15, -0.1) is 11.3 Å². The van der Waals surface area contributed by atoms with E-state index in [0.717, 1.165) is 21.1 Å². The van der Waals surface area contributed by atoms with Crippen molar-refractivity contribution in [2.75, 3.05) is 12.9 Å². The fourth-order valence-electron chi connectivity index (χ4n) is 1.73. The molecule has 0 spiro atoms. The van der Waals surface area contributed by atoms with Gasteiger partial charge < -0.3 is 5.11 Å². The quantitative estimate of drug-likeness (QED) is 0.938. The number of aromatic nitrogens is 1. The van der Waals surface area contributed by atoms with Crippen LogP contribution in [0.4, 0.5) is 0 Å². The minimum Gasteiger partial charge on any atom is -0.396 e. The van der Waals surface area contributed by atoms with Crippen LogP contribution in [-0.2, 0) is 16.3 Å². The topological polar surface area (TPSA) is 67.3 Å². The highest BCUT2D eigenvalue weighted by Gasteiger charge is 2.11. The number of aliphatic hydroxyl groups is 1. The van der Waals surface area contributed by atoms with Crippen molar-refractivity contribution >= 4 is 21.2 Å². The van der Waals surface area contributed by atoms with E-state index in [9.17, 15) is 8.42 Å². The first kappa shape index (κ1) is 14.2. The van der Waals surface area contributed by atoms with E-state index in [1.807, 2.05) is 6.92 Å². The van der Waals surface area contributed by atoms with Gasteiger partial charge in [0.2, 0.25) is 0 Å². The molecule has 0 saturated carbocycles. The predicted octanol–water partition coefficient (Wildman–Crippen LogP) is 2.06. The summed E-state index contributed by atoms with van der Waals surface area (Å²) in [5.74, 6) is 0. The zero-order valence-electron chi connectivity index (χ0n) is 10.8. The van der Waals surface area contributed by atoms with Crippen LogP contribution in [-0.4, -0.2) is 31.4 Å². The number of benzene rings is 1. The van der Waals surface area contributed by atoms with E-state index >= 15 is 0 Å². The van der Waals surface area contributed by atoms with Crippen molar-refractivity contribution in [1.29, 1.82) is 0 Å². The molecule has 0 aliphatic rings. The van der Waals surface area contributed by atoms with Crippen LogP contribution in [0.2, 0.25) is 0 Å². The van der Waals surface area contributed by atoms with Gasteiger partial charge in [-0.05, 0) is 19.1 Å². The lowest BCUT2D eigenvalue weighted by atomic mass is 10.2. The van der Waals surface area contributed by atoms with Crippen LogP contribution in [0.15, 0.2) is 29.2 Å². The van der Waals surface area contributed by atoms with E-state index in [1.54, 1.807) is 35.6 Å². The number of hydrogen-bond donors (Lipinski definition) is 1. The summed E-state index contributed by atoms with van der Waals surface area (Å²) in [7, 11) is -3.16. The summed E-state index contributed by atoms with van der Waals surface area (Å²) in [6.45, 7) is 2.05. The van der Waals surface area contributed by atoms with Crippen molar-refractivity contribution in [2.45, 2.75) is 18.2 Å². The molecule has 1 aromatic heterocycles. The van der Waals surface area contributed by atoms with Gasteiger partial charge in [-0.2, -0.15) is 0 Å². The summed E-state index contributed by atoms with van der Waals surface area (Å²) in [5, 5.41) is 9.80. The van der Waals surface area contributed by atoms with Gasteiger partial charge in [0, 0.05) is 29.7 Å². The molecule has 0 fully saturated rings. The Morgan fingerprint density at radius 2 is 1.89 bits per heavy atom. The Balaban J connectivity index is 2.35. The third kappa shape index (κ3) is 3.20. The second-order valence-corrected chi connectivity index (χ2v) is 7.51. The highest BCUT2D eigenvalue weighted by molar-refractivity contribution is 7.90. The van der Waals surface area contributed by atoms with Crippen LogP contribution in [0.25, 0.3) is 10.6 Å². The first-order valence-electron chi connectivity index (χ1n) is 5.79. The number of aliphatic hydroxyl groups excluding tert-OH is 1. The summed E-state index contributed by atoms with van der Waals surface area (Å²) in [6, 6.07) is 6.70. The third-order valence-electron chi connectivity index (χ3n) is 2.77. The molecule has 4 nitrogen and oxygen atoms in total. The maximum atomic E-state index is 11.4. The molecule has 0 radical (unpaired) electrons. The first-order chi connectivity index (χ1) is 8.91. The Morgan fingerprint density at radius 3 is 2.42 bits per heavy atom. The van der Waals surface area contributed by atoms with Crippen molar-refractivity contribution < 1.29 is 13.5 Å². The fraction of sp³-hybridized carbons (Fsp3) is 0.308. The molecule has 0 aliphatic heterocycles. The average Bonchev–Trinajstić information content (AvgIpc) is 2.71. The molecule has 102 valence electrons. The fourth-order valence-corrected chi connectivity index (χ4v) is 3.33. The van der Waals surface area contributed by atoms with Crippen molar-refractivity contribution in [1.82, 2.24) is 4.98 Å². The van der Waals surface area contributed by atoms with Gasteiger partial charge in [-0.25, -0.2) is 13.4 Å². The van der Waals surface area contributed by atoms with E-state index in [0.29, 0.717) is 11.3 Å². The maximum Gasteiger partial charge on any atom is 0.175 e. The minimum atomic E-state index is -3.16. The number of aryl methyl sites for hydroxylation is 1. The second-order valence-electron chi connectivity index (χ2n) is 4.29. The molecular weight excluding hydrogens is 282 g/mol. The standard InChI is InChI=1S/C13H15NO3S2/c1-9-12(7-8-15)14-13(18-9)10-3-5-11(6-4-10)19(2,16)17/h3-6,15H,7-8H2,1-2H3. The summed E-state index contributed by atoms with van der Waals surface area (Å²) in [5.41, 5.74) is 1.79. The summed E-state index contributed by atoms with van der Waals surface area (Å²) in [6.07, 6.45) is 1.73. The van der Waals surface area contributed by atoms with Crippen LogP contribution in [0.1, 0.15) is 10.6 Å². The van der Waals surface area contributed by atoms with Gasteiger partial charge in [0.15, 0.2) is 9.84 Å². The van der Waals surface area contributed by atoms with Gasteiger partial charge in [0.1, 0.15) is 5.01 Å². The molecule has 0 aliphatic carbocycles. The Bertz CT molecular complexity index is 672. The van der Waals surface area contributed by atoms with Crippen LogP contribution in [0.5, 0.6) is 0 Å². The van der Waals surface area contributed by atoms with Crippen molar-refractivity contribution in [3.05, 3.63) is 34.8 Å². The molecular formula is C13H15NO3S2. The lowest BCUT2D eigenvalue weighted by Crippen LogP contribution is -1.96. The number of hydrogen-bond acceptors (Lipinski definition) is 5. The number of rotatable bonds is 4. The molecule has 0 amide bonds. The highest BCUT2D eigenvalue weighted by atomic mass is 32.2. The SMILES string of the molecule is Cc1sc(-c2ccc(S(C)(=O)=O)cc2)nc1CCO. The van der Waals surface area contributed by atoms with E-state index < -0.39 is 9.84 Å². The Morgan fingerprint density at radius 1 is 1.26 bits per heavy atom. The lowest BCUT2D eigenvalue weighted by molar-refractivity contribution is 0.298. The van der Waals surface area contributed by atoms with Crippen LogP contribution in [0.3, 0.4) is 0 Å². The first-order valence-corrected chi connectivity index (χ1v) is 8.50. The van der Waals surface area contributed by atoms with Crippen molar-refractivity contribution in [3.8, 4) is 10.6 Å². The Kier molecular flexibility index (Phi) is 4.03. The van der Waals surface area contributed by atoms with Gasteiger partial charge in [0.05, 0.1) is 10.6 Å². The molecule has 6 heteroatoms. The maximum absolute atomic E-state index is 11.4. The monoisotopic (exact) mass is 297 g/mol. The van der Waals surface area contributed by atoms with Gasteiger partial charge >= 0.3 is 0 Å². The average molecular weight is 297 g/mol. The second kappa shape index (κ2) is 5.40. The molecule has 2 aromatic rings. The van der Waals surface area contributed by atoms with Crippen LogP contribution in [0, 0.1) is 6.92 Å². The van der Waals surface area contributed by atoms with Crippen LogP contribution < -0.4 is 0 Å². The molecule has 1 heterocycles. The molecule has 0 unspecified atom stereocenters. The molecule has 0 bridgehead atoms. The van der Waals surface area contributed by atoms with E-state index in [1.165, 1.54) is 6.26 Å². The number of sulfone groups is 1. The molecule has 1 aromatic carbocycles. The third-order valence-corrected chi connectivity index (χ3v) is 4.96. The van der Waals surface area contributed by atoms with Gasteiger partial charge in [-0.3, -0.25) is 0 Å². The van der Waals surface area contributed by atoms with E-state index in [-0.39, 0.29) is 6.61 Å². The normalized spacial score (nSPS) is 11.7. The lowest BCUT2D eigenvalue weighted by Gasteiger charge is -1.99. The predicted molar refractivity (Wildman–Crippen MR) is 76.2 cm³/mol. The van der Waals surface area contributed by atoms with E-state index in [2.05, 4.69) is 4.98 Å².